The average Bonchev–Trinajstić information content (AvgIpc) is 3.21. The lowest BCUT2D eigenvalue weighted by Gasteiger charge is -2.18. The molecule has 0 spiro atoms. The summed E-state index contributed by atoms with van der Waals surface area (Å²) in [5.41, 5.74) is 0. The number of ether oxygens (including phenoxy) is 2. The maximum absolute atomic E-state index is 12.5. The van der Waals surface area contributed by atoms with Crippen LogP contribution in [0.3, 0.4) is 0 Å². The molecule has 0 aromatic rings. The molecule has 0 radical (unpaired) electrons. The van der Waals surface area contributed by atoms with Crippen molar-refractivity contribution < 1.29 is 37.9 Å². The lowest BCUT2D eigenvalue weighted by Crippen LogP contribution is -2.29. The van der Waals surface area contributed by atoms with Crippen LogP contribution in [0.25, 0.3) is 0 Å². The lowest BCUT2D eigenvalue weighted by molar-refractivity contribution is -0.161. The monoisotopic (exact) mass is 851 g/mol. The van der Waals surface area contributed by atoms with Crippen molar-refractivity contribution in [2.75, 3.05) is 13.2 Å². The predicted molar refractivity (Wildman–Crippen MR) is 248 cm³/mol. The van der Waals surface area contributed by atoms with Gasteiger partial charge in [0.2, 0.25) is 0 Å². The highest BCUT2D eigenvalue weighted by Gasteiger charge is 2.22. The van der Waals surface area contributed by atoms with Gasteiger partial charge >= 0.3 is 19.8 Å². The number of hydrogen-bond donors (Lipinski definition) is 2. The molecule has 344 valence electrons. The Labute approximate surface area is 363 Å². The molecule has 2 N–H and O–H groups in total. The van der Waals surface area contributed by atoms with Gasteiger partial charge in [-0.1, -0.05) is 223 Å². The summed E-state index contributed by atoms with van der Waals surface area (Å²) < 4.78 is 26.4. The second-order valence-corrected chi connectivity index (χ2v) is 17.7. The molecule has 0 aliphatic heterocycles. The zero-order valence-electron chi connectivity index (χ0n) is 38.2. The first-order chi connectivity index (χ1) is 28.8. The van der Waals surface area contributed by atoms with Crippen LogP contribution in [0.2, 0.25) is 0 Å². The Morgan fingerprint density at radius 3 is 1.19 bits per heavy atom. The summed E-state index contributed by atoms with van der Waals surface area (Å²) in [7, 11) is -4.77. The van der Waals surface area contributed by atoms with E-state index in [1.54, 1.807) is 0 Å². The molecular weight excluding hydrogens is 760 g/mol. The highest BCUT2D eigenvalue weighted by Crippen LogP contribution is 2.36. The van der Waals surface area contributed by atoms with Crippen molar-refractivity contribution in [3.05, 3.63) is 48.6 Å². The number of unbranched alkanes of at least 4 members (excludes halogenated alkanes) is 27. The number of allylic oxidation sites excluding steroid dienone is 8. The molecule has 9 heteroatoms. The molecule has 0 amide bonds. The van der Waals surface area contributed by atoms with Crippen molar-refractivity contribution in [3.63, 3.8) is 0 Å². The van der Waals surface area contributed by atoms with Crippen molar-refractivity contribution in [2.24, 2.45) is 0 Å². The molecule has 0 saturated heterocycles. The van der Waals surface area contributed by atoms with Crippen molar-refractivity contribution >= 4 is 19.8 Å². The number of rotatable bonds is 45. The molecule has 0 aliphatic carbocycles. The summed E-state index contributed by atoms with van der Waals surface area (Å²) >= 11 is 0. The van der Waals surface area contributed by atoms with Crippen molar-refractivity contribution in [1.82, 2.24) is 0 Å². The fraction of sp³-hybridized carbons (Fsp3) is 0.800. The first-order valence-corrected chi connectivity index (χ1v) is 26.0. The van der Waals surface area contributed by atoms with E-state index in [0.717, 1.165) is 44.9 Å². The summed E-state index contributed by atoms with van der Waals surface area (Å²) in [4.78, 5) is 43.0. The van der Waals surface area contributed by atoms with Gasteiger partial charge in [-0.3, -0.25) is 14.1 Å². The van der Waals surface area contributed by atoms with E-state index in [1.165, 1.54) is 154 Å². The fourth-order valence-electron chi connectivity index (χ4n) is 6.96. The summed E-state index contributed by atoms with van der Waals surface area (Å²) in [5, 5.41) is 0. The van der Waals surface area contributed by atoms with Gasteiger partial charge in [0.15, 0.2) is 6.10 Å². The minimum absolute atomic E-state index is 0.192. The maximum Gasteiger partial charge on any atom is 0.469 e. The average molecular weight is 851 g/mol. The third-order valence-corrected chi connectivity index (χ3v) is 11.1. The van der Waals surface area contributed by atoms with Gasteiger partial charge in [0, 0.05) is 12.8 Å². The van der Waals surface area contributed by atoms with Gasteiger partial charge in [0.25, 0.3) is 0 Å². The molecule has 0 heterocycles. The van der Waals surface area contributed by atoms with Crippen LogP contribution in [-0.2, 0) is 28.2 Å². The number of carbonyl (C=O) groups excluding carboxylic acids is 2. The Balaban J connectivity index is 3.92. The summed E-state index contributed by atoms with van der Waals surface area (Å²) in [6.45, 7) is 3.67. The molecule has 8 nitrogen and oxygen atoms in total. The van der Waals surface area contributed by atoms with E-state index in [-0.39, 0.29) is 19.4 Å². The second kappa shape index (κ2) is 45.5. The van der Waals surface area contributed by atoms with E-state index >= 15 is 0 Å². The number of carbonyl (C=O) groups is 2. The summed E-state index contributed by atoms with van der Waals surface area (Å²) in [5.74, 6) is -0.941. The topological polar surface area (TPSA) is 119 Å². The summed E-state index contributed by atoms with van der Waals surface area (Å²) in [6.07, 6.45) is 57.1. The van der Waals surface area contributed by atoms with Crippen LogP contribution in [0.15, 0.2) is 48.6 Å². The van der Waals surface area contributed by atoms with Gasteiger partial charge in [-0.15, -0.1) is 0 Å². The van der Waals surface area contributed by atoms with Crippen LogP contribution in [0.1, 0.15) is 239 Å². The Morgan fingerprint density at radius 1 is 0.441 bits per heavy atom. The van der Waals surface area contributed by atoms with Crippen LogP contribution in [0, 0.1) is 0 Å². The van der Waals surface area contributed by atoms with Crippen molar-refractivity contribution in [2.45, 2.75) is 245 Å². The Morgan fingerprint density at radius 2 is 0.780 bits per heavy atom. The summed E-state index contributed by atoms with van der Waals surface area (Å²) in [6, 6.07) is 0. The Kier molecular flexibility index (Phi) is 44.0. The molecule has 0 bridgehead atoms. The first kappa shape index (κ1) is 57.0. The standard InChI is InChI=1S/C50H91O8P/c1-3-5-7-9-11-13-15-17-19-21-23-25-27-28-30-32-34-36-38-40-42-44-49(51)56-46-48(47-57-59(53,54)55)58-50(52)45-43-41-39-37-35-33-31-29-26-24-22-20-18-16-14-12-10-8-6-4-2/h19,21,25,27,30,32,36,38,48H,3-18,20,22-24,26,28-29,31,33-35,37,39-47H2,1-2H3,(H2,53,54,55)/b21-19+,27-25+,32-30+,38-36+/t48-/m1/s1. The van der Waals surface area contributed by atoms with Crippen LogP contribution in [0.4, 0.5) is 0 Å². The molecule has 59 heavy (non-hydrogen) atoms. The van der Waals surface area contributed by atoms with E-state index in [9.17, 15) is 14.2 Å². The third kappa shape index (κ3) is 48.6. The molecule has 0 saturated carbocycles. The van der Waals surface area contributed by atoms with E-state index in [0.29, 0.717) is 12.8 Å². The van der Waals surface area contributed by atoms with Gasteiger partial charge in [-0.05, 0) is 51.4 Å². The molecule has 1 atom stereocenters. The number of hydrogen-bond acceptors (Lipinski definition) is 6. The number of phosphoric acid groups is 1. The minimum Gasteiger partial charge on any atom is -0.462 e. The van der Waals surface area contributed by atoms with Gasteiger partial charge < -0.3 is 19.3 Å². The van der Waals surface area contributed by atoms with Gasteiger partial charge in [-0.25, -0.2) is 4.57 Å². The van der Waals surface area contributed by atoms with E-state index in [1.807, 2.05) is 6.08 Å². The third-order valence-electron chi connectivity index (χ3n) is 10.6. The molecular formula is C50H91O8P. The zero-order chi connectivity index (χ0) is 43.2. The van der Waals surface area contributed by atoms with Crippen LogP contribution in [-0.4, -0.2) is 41.0 Å². The van der Waals surface area contributed by atoms with Crippen molar-refractivity contribution in [1.29, 1.82) is 0 Å². The minimum atomic E-state index is -4.77. The quantitative estimate of drug-likeness (QED) is 0.0269. The molecule has 0 fully saturated rings. The maximum atomic E-state index is 12.5. The molecule has 0 aromatic heterocycles. The van der Waals surface area contributed by atoms with Crippen LogP contribution < -0.4 is 0 Å². The van der Waals surface area contributed by atoms with Gasteiger partial charge in [0.05, 0.1) is 6.61 Å². The largest absolute Gasteiger partial charge is 0.469 e. The van der Waals surface area contributed by atoms with Crippen LogP contribution >= 0.6 is 7.82 Å². The second-order valence-electron chi connectivity index (χ2n) is 16.4. The fourth-order valence-corrected chi connectivity index (χ4v) is 7.32. The van der Waals surface area contributed by atoms with Gasteiger partial charge in [-0.2, -0.15) is 0 Å². The number of esters is 2. The normalized spacial score (nSPS) is 12.8. The van der Waals surface area contributed by atoms with Crippen molar-refractivity contribution in [3.8, 4) is 0 Å². The van der Waals surface area contributed by atoms with Crippen LogP contribution in [0.5, 0.6) is 0 Å². The van der Waals surface area contributed by atoms with E-state index in [4.69, 9.17) is 19.3 Å². The van der Waals surface area contributed by atoms with Gasteiger partial charge in [0.1, 0.15) is 6.61 Å². The Hall–Kier alpha value is -1.99. The molecule has 0 rings (SSSR count). The van der Waals surface area contributed by atoms with E-state index in [2.05, 4.69) is 60.9 Å². The highest BCUT2D eigenvalue weighted by atomic mass is 31.2. The first-order valence-electron chi connectivity index (χ1n) is 24.4. The zero-order valence-corrected chi connectivity index (χ0v) is 39.0. The highest BCUT2D eigenvalue weighted by molar-refractivity contribution is 7.46. The predicted octanol–water partition coefficient (Wildman–Crippen LogP) is 15.5. The number of phosphoric ester groups is 1. The SMILES string of the molecule is CCCCCCCCC/C=C/C/C=C/C/C=C/C/C=C/CCCC(=O)OC[C@H](COP(=O)(O)O)OC(=O)CCCCCCCCCCCCCCCCCCCCCC. The molecule has 0 unspecified atom stereocenters. The lowest BCUT2D eigenvalue weighted by atomic mass is 10.0. The van der Waals surface area contributed by atoms with E-state index < -0.39 is 32.5 Å². The smallest absolute Gasteiger partial charge is 0.462 e. The molecule has 0 aliphatic rings. The Bertz CT molecular complexity index is 1090. The molecule has 0 aromatic carbocycles.